The van der Waals surface area contributed by atoms with Crippen LogP contribution in [0.25, 0.3) is 0 Å². The molecule has 0 aliphatic carbocycles. The summed E-state index contributed by atoms with van der Waals surface area (Å²) in [5.74, 6) is -0.762. The summed E-state index contributed by atoms with van der Waals surface area (Å²) < 4.78 is 58.7. The number of hydrogen-bond acceptors (Lipinski definition) is 4. The molecule has 0 fully saturated rings. The number of alkyl halides is 3. The van der Waals surface area contributed by atoms with Gasteiger partial charge in [-0.25, -0.2) is 8.42 Å². The first-order valence-electron chi connectivity index (χ1n) is 5.32. The van der Waals surface area contributed by atoms with Crippen LogP contribution in [0, 0.1) is 6.92 Å². The standard InChI is InChI=1S/C10H11ClF3NO3S2/c1-5(3-10(12,13)14)15-8(16)7-4-19-9(6(7)2)20(11,17)18/h4-5H,3H2,1-2H3,(H,15,16). The SMILES string of the molecule is Cc1c(C(=O)NC(C)CC(F)(F)F)csc1S(=O)(=O)Cl. The van der Waals surface area contributed by atoms with Gasteiger partial charge in [0.05, 0.1) is 12.0 Å². The second-order valence-electron chi connectivity index (χ2n) is 4.19. The van der Waals surface area contributed by atoms with Crippen molar-refractivity contribution in [1.29, 1.82) is 0 Å². The Bertz CT molecular complexity index is 610. The second-order valence-corrected chi connectivity index (χ2v) is 7.83. The number of rotatable bonds is 4. The third kappa shape index (κ3) is 4.64. The summed E-state index contributed by atoms with van der Waals surface area (Å²) in [5, 5.41) is 3.42. The highest BCUT2D eigenvalue weighted by Gasteiger charge is 2.31. The Morgan fingerprint density at radius 2 is 2.05 bits per heavy atom. The molecule has 10 heteroatoms. The molecule has 0 spiro atoms. The molecular formula is C10H11ClF3NO3S2. The summed E-state index contributed by atoms with van der Waals surface area (Å²) in [4.78, 5) is 11.8. The van der Waals surface area contributed by atoms with Gasteiger partial charge in [0.1, 0.15) is 4.21 Å². The van der Waals surface area contributed by atoms with Crippen LogP contribution in [0.2, 0.25) is 0 Å². The molecule has 0 saturated carbocycles. The molecule has 20 heavy (non-hydrogen) atoms. The van der Waals surface area contributed by atoms with E-state index >= 15 is 0 Å². The van der Waals surface area contributed by atoms with Crippen molar-refractivity contribution in [2.45, 2.75) is 36.7 Å². The number of carbonyl (C=O) groups is 1. The first-order chi connectivity index (χ1) is 8.92. The van der Waals surface area contributed by atoms with Gasteiger partial charge in [0, 0.05) is 22.1 Å². The van der Waals surface area contributed by atoms with Crippen LogP contribution < -0.4 is 5.32 Å². The Hall–Kier alpha value is -0.800. The third-order valence-corrected chi connectivity index (χ3v) is 5.68. The van der Waals surface area contributed by atoms with Crippen LogP contribution in [0.4, 0.5) is 13.2 Å². The van der Waals surface area contributed by atoms with Gasteiger partial charge in [0.25, 0.3) is 15.0 Å². The van der Waals surface area contributed by atoms with Crippen LogP contribution in [-0.2, 0) is 9.05 Å². The monoisotopic (exact) mass is 349 g/mol. The van der Waals surface area contributed by atoms with E-state index in [4.69, 9.17) is 10.7 Å². The Balaban J connectivity index is 2.87. The molecule has 1 aromatic heterocycles. The first-order valence-corrected chi connectivity index (χ1v) is 8.51. The third-order valence-electron chi connectivity index (χ3n) is 2.38. The lowest BCUT2D eigenvalue weighted by atomic mass is 10.1. The molecule has 0 radical (unpaired) electrons. The van der Waals surface area contributed by atoms with E-state index in [0.29, 0.717) is 0 Å². The molecule has 1 heterocycles. The van der Waals surface area contributed by atoms with Crippen LogP contribution in [0.3, 0.4) is 0 Å². The smallest absolute Gasteiger partial charge is 0.349 e. The molecule has 1 rings (SSSR count). The summed E-state index contributed by atoms with van der Waals surface area (Å²) in [6.07, 6.45) is -5.55. The number of thiophene rings is 1. The number of nitrogens with one attached hydrogen (secondary N) is 1. The van der Waals surface area contributed by atoms with E-state index in [0.717, 1.165) is 11.3 Å². The fourth-order valence-electron chi connectivity index (χ4n) is 1.56. The number of carbonyl (C=O) groups excluding carboxylic acids is 1. The van der Waals surface area contributed by atoms with E-state index < -0.39 is 33.6 Å². The molecule has 4 nitrogen and oxygen atoms in total. The van der Waals surface area contributed by atoms with Gasteiger partial charge in [-0.3, -0.25) is 4.79 Å². The van der Waals surface area contributed by atoms with Crippen LogP contribution in [0.1, 0.15) is 29.3 Å². The zero-order valence-corrected chi connectivity index (χ0v) is 12.8. The summed E-state index contributed by atoms with van der Waals surface area (Å²) in [7, 11) is 1.20. The van der Waals surface area contributed by atoms with E-state index in [2.05, 4.69) is 5.32 Å². The lowest BCUT2D eigenvalue weighted by Gasteiger charge is -2.15. The molecule has 1 unspecified atom stereocenters. The lowest BCUT2D eigenvalue weighted by Crippen LogP contribution is -2.36. The molecule has 0 bridgehead atoms. The molecule has 0 aliphatic heterocycles. The lowest BCUT2D eigenvalue weighted by molar-refractivity contribution is -0.138. The summed E-state index contributed by atoms with van der Waals surface area (Å²) in [6.45, 7) is 2.58. The van der Waals surface area contributed by atoms with Crippen LogP contribution in [0.15, 0.2) is 9.59 Å². The molecule has 0 saturated heterocycles. The van der Waals surface area contributed by atoms with Crippen molar-refractivity contribution in [1.82, 2.24) is 5.32 Å². The number of amides is 1. The predicted octanol–water partition coefficient (Wildman–Crippen LogP) is 3.05. The van der Waals surface area contributed by atoms with Gasteiger partial charge < -0.3 is 5.32 Å². The molecule has 114 valence electrons. The van der Waals surface area contributed by atoms with Crippen molar-refractivity contribution >= 4 is 37.0 Å². The molecule has 0 aromatic carbocycles. The number of halogens is 4. The minimum Gasteiger partial charge on any atom is -0.349 e. The van der Waals surface area contributed by atoms with Crippen molar-refractivity contribution in [2.24, 2.45) is 0 Å². The summed E-state index contributed by atoms with van der Waals surface area (Å²) in [5.41, 5.74) is 0.130. The molecule has 1 aromatic rings. The quantitative estimate of drug-likeness (QED) is 0.850. The van der Waals surface area contributed by atoms with Crippen molar-refractivity contribution in [3.8, 4) is 0 Å². The molecule has 1 atom stereocenters. The van der Waals surface area contributed by atoms with E-state index in [-0.39, 0.29) is 15.3 Å². The van der Waals surface area contributed by atoms with Crippen LogP contribution in [0.5, 0.6) is 0 Å². The minimum atomic E-state index is -4.39. The van der Waals surface area contributed by atoms with Crippen molar-refractivity contribution < 1.29 is 26.4 Å². The highest BCUT2D eigenvalue weighted by atomic mass is 35.7. The predicted molar refractivity (Wildman–Crippen MR) is 69.7 cm³/mol. The maximum absolute atomic E-state index is 12.2. The van der Waals surface area contributed by atoms with Gasteiger partial charge in [-0.2, -0.15) is 13.2 Å². The Morgan fingerprint density at radius 3 is 2.45 bits per heavy atom. The average molecular weight is 350 g/mol. The van der Waals surface area contributed by atoms with Crippen molar-refractivity contribution in [3.05, 3.63) is 16.5 Å². The van der Waals surface area contributed by atoms with E-state index in [9.17, 15) is 26.4 Å². The zero-order chi connectivity index (χ0) is 15.7. The Labute approximate surface area is 122 Å². The maximum atomic E-state index is 12.2. The first kappa shape index (κ1) is 17.3. The average Bonchev–Trinajstić information content (AvgIpc) is 2.55. The van der Waals surface area contributed by atoms with Gasteiger partial charge in [0.2, 0.25) is 0 Å². The fraction of sp³-hybridized carbons (Fsp3) is 0.500. The largest absolute Gasteiger partial charge is 0.391 e. The van der Waals surface area contributed by atoms with Crippen LogP contribution in [-0.4, -0.2) is 26.5 Å². The van der Waals surface area contributed by atoms with Gasteiger partial charge in [-0.15, -0.1) is 11.3 Å². The summed E-state index contributed by atoms with van der Waals surface area (Å²) >= 11 is 0.749. The molecule has 0 aliphatic rings. The number of hydrogen-bond donors (Lipinski definition) is 1. The van der Waals surface area contributed by atoms with Crippen molar-refractivity contribution in [3.63, 3.8) is 0 Å². The van der Waals surface area contributed by atoms with Gasteiger partial charge in [0.15, 0.2) is 0 Å². The van der Waals surface area contributed by atoms with E-state index in [1.807, 2.05) is 0 Å². The zero-order valence-electron chi connectivity index (χ0n) is 10.4. The Morgan fingerprint density at radius 1 is 1.50 bits per heavy atom. The second kappa shape index (κ2) is 5.90. The normalized spacial score (nSPS) is 14.1. The topological polar surface area (TPSA) is 63.2 Å². The summed E-state index contributed by atoms with van der Waals surface area (Å²) in [6, 6.07) is -1.11. The van der Waals surface area contributed by atoms with Gasteiger partial charge in [-0.1, -0.05) is 0 Å². The van der Waals surface area contributed by atoms with Gasteiger partial charge >= 0.3 is 6.18 Å². The van der Waals surface area contributed by atoms with Gasteiger partial charge in [-0.05, 0) is 19.4 Å². The fourth-order valence-corrected chi connectivity index (χ4v) is 4.11. The molecule has 1 amide bonds. The highest BCUT2D eigenvalue weighted by molar-refractivity contribution is 8.15. The molecular weight excluding hydrogens is 339 g/mol. The van der Waals surface area contributed by atoms with Crippen molar-refractivity contribution in [2.75, 3.05) is 0 Å². The van der Waals surface area contributed by atoms with E-state index in [1.165, 1.54) is 19.2 Å². The minimum absolute atomic E-state index is 0.00301. The van der Waals surface area contributed by atoms with E-state index in [1.54, 1.807) is 0 Å². The maximum Gasteiger partial charge on any atom is 0.391 e. The molecule has 1 N–H and O–H groups in total. The Kier molecular flexibility index (Phi) is 5.09. The van der Waals surface area contributed by atoms with Crippen LogP contribution >= 0.6 is 22.0 Å². The highest BCUT2D eigenvalue weighted by Crippen LogP contribution is 2.29.